The number of fused-ring (bicyclic) bond motifs is 3. The summed E-state index contributed by atoms with van der Waals surface area (Å²) in [4.78, 5) is 2.65. The Morgan fingerprint density at radius 2 is 1.74 bits per heavy atom. The fraction of sp³-hybridized carbons (Fsp3) is 0.295. The lowest BCUT2D eigenvalue weighted by Gasteiger charge is -2.36. The number of benzene rings is 2. The molecule has 8 rings (SSSR count). The third-order valence-corrected chi connectivity index (χ3v) is 10.9. The predicted molar refractivity (Wildman–Crippen MR) is 195 cm³/mol. The summed E-state index contributed by atoms with van der Waals surface area (Å²) in [6.07, 6.45) is 36.5. The van der Waals surface area contributed by atoms with Crippen LogP contribution in [0.4, 0.5) is 5.69 Å². The minimum atomic E-state index is 0.313. The first-order valence-electron chi connectivity index (χ1n) is 17.5. The quantitative estimate of drug-likeness (QED) is 0.330. The summed E-state index contributed by atoms with van der Waals surface area (Å²) >= 11 is 0. The number of nitriles is 1. The first-order chi connectivity index (χ1) is 23.2. The molecule has 1 aliphatic heterocycles. The fourth-order valence-corrected chi connectivity index (χ4v) is 8.64. The number of anilines is 1. The molecule has 2 aromatic rings. The van der Waals surface area contributed by atoms with Crippen LogP contribution in [0.1, 0.15) is 68.1 Å². The van der Waals surface area contributed by atoms with Crippen LogP contribution in [0.5, 0.6) is 0 Å². The van der Waals surface area contributed by atoms with Gasteiger partial charge in [0.2, 0.25) is 0 Å². The number of nitrogens with one attached hydrogen (secondary N) is 1. The first-order valence-corrected chi connectivity index (χ1v) is 17.5. The van der Waals surface area contributed by atoms with Gasteiger partial charge in [0.15, 0.2) is 0 Å². The summed E-state index contributed by atoms with van der Waals surface area (Å²) in [6, 6.07) is 21.5. The molecule has 6 unspecified atom stereocenters. The van der Waals surface area contributed by atoms with Gasteiger partial charge in [0.05, 0.1) is 18.2 Å². The van der Waals surface area contributed by atoms with Gasteiger partial charge < -0.3 is 10.2 Å². The first kappa shape index (κ1) is 29.6. The van der Waals surface area contributed by atoms with E-state index in [1.807, 2.05) is 6.08 Å². The lowest BCUT2D eigenvalue weighted by atomic mass is 9.77. The van der Waals surface area contributed by atoms with Crippen LogP contribution >= 0.6 is 0 Å². The number of para-hydroxylation sites is 1. The largest absolute Gasteiger partial charge is 0.382 e. The van der Waals surface area contributed by atoms with Gasteiger partial charge in [-0.15, -0.1) is 0 Å². The number of allylic oxidation sites excluding steroid dienone is 13. The molecule has 0 saturated carbocycles. The number of hydrogen-bond acceptors (Lipinski definition) is 3. The van der Waals surface area contributed by atoms with Crippen molar-refractivity contribution in [2.45, 2.75) is 69.5 Å². The zero-order valence-corrected chi connectivity index (χ0v) is 27.2. The average Bonchev–Trinajstić information content (AvgIpc) is 3.46. The standard InChI is InChI=1S/C44H43N3/c1-30-25-31(29-45)23-24-38(30)35-14-9-15-36(27-35)46-42-20-5-2-17-39(42)34-13-8-11-32(26-34)33-12-10-16-37(28-33)47-43-21-6-3-18-40(43)41-19-4-7-22-44(41)47/h2-4,6-8,10-13,17-19,21-28,30,36-38,40,43,46H,5,9,14-16,20H2,1H3. The van der Waals surface area contributed by atoms with Crippen LogP contribution in [-0.4, -0.2) is 18.1 Å². The Morgan fingerprint density at radius 3 is 2.66 bits per heavy atom. The molecule has 3 nitrogen and oxygen atoms in total. The Morgan fingerprint density at radius 1 is 0.851 bits per heavy atom. The minimum Gasteiger partial charge on any atom is -0.382 e. The minimum absolute atomic E-state index is 0.313. The van der Waals surface area contributed by atoms with E-state index in [2.05, 4.69) is 145 Å². The van der Waals surface area contributed by atoms with Gasteiger partial charge in [-0.3, -0.25) is 0 Å². The zero-order valence-electron chi connectivity index (χ0n) is 27.2. The van der Waals surface area contributed by atoms with Crippen LogP contribution in [0.15, 0.2) is 144 Å². The maximum Gasteiger partial charge on any atom is 0.0988 e. The number of rotatable bonds is 6. The molecule has 0 bridgehead atoms. The molecule has 234 valence electrons. The zero-order chi connectivity index (χ0) is 31.7. The second-order valence-electron chi connectivity index (χ2n) is 13.9. The summed E-state index contributed by atoms with van der Waals surface area (Å²) < 4.78 is 0. The van der Waals surface area contributed by atoms with Crippen molar-refractivity contribution in [3.05, 3.63) is 161 Å². The molecule has 2 aromatic carbocycles. The Bertz CT molecular complexity index is 1880. The van der Waals surface area contributed by atoms with E-state index in [1.165, 1.54) is 51.2 Å². The molecule has 47 heavy (non-hydrogen) atoms. The number of nitrogens with zero attached hydrogens (tertiary/aromatic N) is 2. The fourth-order valence-electron chi connectivity index (χ4n) is 8.64. The van der Waals surface area contributed by atoms with Gasteiger partial charge in [0.1, 0.15) is 0 Å². The second-order valence-corrected chi connectivity index (χ2v) is 13.9. The summed E-state index contributed by atoms with van der Waals surface area (Å²) in [6.45, 7) is 2.24. The van der Waals surface area contributed by atoms with E-state index in [0.717, 1.165) is 37.7 Å². The van der Waals surface area contributed by atoms with Crippen molar-refractivity contribution < 1.29 is 0 Å². The smallest absolute Gasteiger partial charge is 0.0988 e. The van der Waals surface area contributed by atoms with Crippen molar-refractivity contribution in [1.29, 1.82) is 5.26 Å². The molecule has 5 aliphatic carbocycles. The highest BCUT2D eigenvalue weighted by Gasteiger charge is 2.39. The highest BCUT2D eigenvalue weighted by Crippen LogP contribution is 2.46. The van der Waals surface area contributed by atoms with Gasteiger partial charge >= 0.3 is 0 Å². The SMILES string of the molecule is CC1C=C(C#N)C=CC1C1=CC(NC2=C(c3cccc(C4=CC(N5c6ccccc6C6C=CC=CC65)CC=C4)c3)C=CCC2)CCC1. The van der Waals surface area contributed by atoms with Crippen LogP contribution < -0.4 is 10.2 Å². The molecule has 6 atom stereocenters. The summed E-state index contributed by atoms with van der Waals surface area (Å²) in [5, 5.41) is 13.4. The van der Waals surface area contributed by atoms with E-state index >= 15 is 0 Å². The Balaban J connectivity index is 1.06. The molecule has 0 spiro atoms. The van der Waals surface area contributed by atoms with Gasteiger partial charge in [0.25, 0.3) is 0 Å². The summed E-state index contributed by atoms with van der Waals surface area (Å²) in [5.74, 6) is 1.17. The number of hydrogen-bond donors (Lipinski definition) is 1. The third kappa shape index (κ3) is 5.72. The summed E-state index contributed by atoms with van der Waals surface area (Å²) in [7, 11) is 0. The van der Waals surface area contributed by atoms with Crippen LogP contribution in [-0.2, 0) is 0 Å². The molecule has 3 heteroatoms. The van der Waals surface area contributed by atoms with E-state index in [4.69, 9.17) is 0 Å². The van der Waals surface area contributed by atoms with Crippen LogP contribution in [0, 0.1) is 23.2 Å². The van der Waals surface area contributed by atoms with E-state index in [1.54, 1.807) is 0 Å². The highest BCUT2D eigenvalue weighted by molar-refractivity contribution is 5.83. The van der Waals surface area contributed by atoms with Crippen molar-refractivity contribution in [3.63, 3.8) is 0 Å². The van der Waals surface area contributed by atoms with Gasteiger partial charge in [-0.25, -0.2) is 0 Å². The van der Waals surface area contributed by atoms with Gasteiger partial charge in [-0.1, -0.05) is 122 Å². The predicted octanol–water partition coefficient (Wildman–Crippen LogP) is 9.90. The second kappa shape index (κ2) is 12.8. The van der Waals surface area contributed by atoms with E-state index < -0.39 is 0 Å². The lowest BCUT2D eigenvalue weighted by Crippen LogP contribution is -2.41. The Labute approximate surface area is 280 Å². The monoisotopic (exact) mass is 613 g/mol. The van der Waals surface area contributed by atoms with E-state index in [-0.39, 0.29) is 0 Å². The highest BCUT2D eigenvalue weighted by atomic mass is 15.2. The molecule has 0 aromatic heterocycles. The maximum atomic E-state index is 9.35. The molecular weight excluding hydrogens is 571 g/mol. The molecule has 1 heterocycles. The average molecular weight is 614 g/mol. The maximum absolute atomic E-state index is 9.35. The van der Waals surface area contributed by atoms with Crippen LogP contribution in [0.3, 0.4) is 0 Å². The van der Waals surface area contributed by atoms with Gasteiger partial charge in [0, 0.05) is 40.4 Å². The Kier molecular flexibility index (Phi) is 8.04. The molecule has 0 amide bonds. The molecule has 1 N–H and O–H groups in total. The molecule has 0 fully saturated rings. The van der Waals surface area contributed by atoms with Crippen molar-refractivity contribution in [1.82, 2.24) is 5.32 Å². The van der Waals surface area contributed by atoms with Gasteiger partial charge in [-0.05, 0) is 84.9 Å². The van der Waals surface area contributed by atoms with Crippen LogP contribution in [0.2, 0.25) is 0 Å². The van der Waals surface area contributed by atoms with E-state index in [9.17, 15) is 5.26 Å². The van der Waals surface area contributed by atoms with Crippen molar-refractivity contribution >= 4 is 16.8 Å². The van der Waals surface area contributed by atoms with Crippen molar-refractivity contribution in [3.8, 4) is 6.07 Å². The van der Waals surface area contributed by atoms with Crippen molar-refractivity contribution in [2.75, 3.05) is 4.90 Å². The molecule has 6 aliphatic rings. The Hall–Kier alpha value is -4.81. The molecule has 0 radical (unpaired) electrons. The topological polar surface area (TPSA) is 39.1 Å². The molecule has 0 saturated heterocycles. The summed E-state index contributed by atoms with van der Waals surface area (Å²) in [5.41, 5.74) is 11.6. The normalized spacial score (nSPS) is 29.1. The van der Waals surface area contributed by atoms with Crippen LogP contribution in [0.25, 0.3) is 11.1 Å². The van der Waals surface area contributed by atoms with E-state index in [0.29, 0.717) is 35.9 Å². The molecular formula is C44H43N3. The van der Waals surface area contributed by atoms with Gasteiger partial charge in [-0.2, -0.15) is 5.26 Å². The van der Waals surface area contributed by atoms with Crippen molar-refractivity contribution in [2.24, 2.45) is 11.8 Å². The third-order valence-electron chi connectivity index (χ3n) is 10.9. The lowest BCUT2D eigenvalue weighted by molar-refractivity contribution is 0.487.